The normalized spacial score (nSPS) is 13.9. The van der Waals surface area contributed by atoms with E-state index in [4.69, 9.17) is 0 Å². The minimum atomic E-state index is -0.420. The van der Waals surface area contributed by atoms with Crippen LogP contribution in [0.15, 0.2) is 78.4 Å². The van der Waals surface area contributed by atoms with Crippen molar-refractivity contribution in [3.05, 3.63) is 89.6 Å². The van der Waals surface area contributed by atoms with Gasteiger partial charge in [0, 0.05) is 61.7 Å². The van der Waals surface area contributed by atoms with Crippen molar-refractivity contribution in [2.45, 2.75) is 0 Å². The van der Waals surface area contributed by atoms with Gasteiger partial charge in [0.25, 0.3) is 0 Å². The molecule has 0 radical (unpaired) electrons. The van der Waals surface area contributed by atoms with Crippen molar-refractivity contribution < 1.29 is 9.18 Å². The summed E-state index contributed by atoms with van der Waals surface area (Å²) in [6.07, 6.45) is 4.20. The number of hydrogen-bond donors (Lipinski definition) is 2. The number of rotatable bonds is 6. The second-order valence-corrected chi connectivity index (χ2v) is 8.80. The van der Waals surface area contributed by atoms with Crippen molar-refractivity contribution in [3.63, 3.8) is 0 Å². The largest absolute Gasteiger partial charge is 0.369 e. The molecular weight excluding hydrogens is 473 g/mol. The molecule has 188 valence electrons. The lowest BCUT2D eigenvalue weighted by atomic mass is 10.2. The Hall–Kier alpha value is -4.57. The first-order valence-corrected chi connectivity index (χ1v) is 11.8. The Morgan fingerprint density at radius 3 is 2.65 bits per heavy atom. The van der Waals surface area contributed by atoms with Crippen molar-refractivity contribution in [1.29, 1.82) is 0 Å². The van der Waals surface area contributed by atoms with Crippen molar-refractivity contribution in [1.82, 2.24) is 19.4 Å². The summed E-state index contributed by atoms with van der Waals surface area (Å²) in [7, 11) is 2.07. The van der Waals surface area contributed by atoms with Gasteiger partial charge in [-0.15, -0.1) is 0 Å². The predicted octanol–water partition coefficient (Wildman–Crippen LogP) is 3.54. The van der Waals surface area contributed by atoms with Crippen molar-refractivity contribution in [3.8, 4) is 5.69 Å². The van der Waals surface area contributed by atoms with Crippen LogP contribution < -0.4 is 21.0 Å². The van der Waals surface area contributed by atoms with E-state index in [1.165, 1.54) is 24.4 Å². The Kier molecular flexibility index (Phi) is 6.65. The fraction of sp³-hybridized carbons (Fsp3) is 0.185. The number of piperazine rings is 1. The fourth-order valence-electron chi connectivity index (χ4n) is 4.22. The number of halogens is 1. The first-order valence-electron chi connectivity index (χ1n) is 11.8. The number of pyridine rings is 1. The van der Waals surface area contributed by atoms with Crippen LogP contribution in [0.4, 0.5) is 27.4 Å². The monoisotopic (exact) mass is 499 g/mol. The molecule has 1 aliphatic heterocycles. The molecule has 0 bridgehead atoms. The van der Waals surface area contributed by atoms with Crippen molar-refractivity contribution >= 4 is 40.0 Å². The lowest BCUT2D eigenvalue weighted by Crippen LogP contribution is -2.44. The summed E-state index contributed by atoms with van der Waals surface area (Å²) in [6, 6.07) is 13.5. The van der Waals surface area contributed by atoms with Crippen molar-refractivity contribution in [2.24, 2.45) is 0 Å². The second-order valence-electron chi connectivity index (χ2n) is 8.80. The van der Waals surface area contributed by atoms with Crippen LogP contribution in [0, 0.1) is 5.82 Å². The first-order chi connectivity index (χ1) is 17.9. The molecule has 2 aromatic heterocycles. The molecule has 4 aromatic rings. The third kappa shape index (κ3) is 5.19. The van der Waals surface area contributed by atoms with Gasteiger partial charge >= 0.3 is 0 Å². The molecule has 1 aliphatic rings. The molecule has 0 spiro atoms. The zero-order valence-corrected chi connectivity index (χ0v) is 20.3. The predicted molar refractivity (Wildman–Crippen MR) is 143 cm³/mol. The lowest BCUT2D eigenvalue weighted by Gasteiger charge is -2.34. The molecule has 1 fully saturated rings. The molecule has 9 nitrogen and oxygen atoms in total. The van der Waals surface area contributed by atoms with Gasteiger partial charge in [0.05, 0.1) is 11.1 Å². The van der Waals surface area contributed by atoms with Gasteiger partial charge in [0.2, 0.25) is 11.9 Å². The third-order valence-corrected chi connectivity index (χ3v) is 6.28. The van der Waals surface area contributed by atoms with E-state index < -0.39 is 5.82 Å². The maximum atomic E-state index is 15.0. The quantitative estimate of drug-likeness (QED) is 0.392. The Bertz CT molecular complexity index is 1540. The van der Waals surface area contributed by atoms with Crippen LogP contribution in [0.3, 0.4) is 0 Å². The summed E-state index contributed by atoms with van der Waals surface area (Å²) >= 11 is 0. The molecule has 3 heterocycles. The SMILES string of the molecule is C=CC(=O)Nc1cccc(-n2ccc(=O)c3cnc(Nc4ccc(N5CCN(C)CC5)cc4F)nc32)c1. The number of amides is 1. The number of fused-ring (bicyclic) bond motifs is 1. The van der Waals surface area contributed by atoms with E-state index in [9.17, 15) is 9.59 Å². The number of carbonyl (C=O) groups is 1. The van der Waals surface area contributed by atoms with Crippen LogP contribution in [-0.4, -0.2) is 58.6 Å². The fourth-order valence-corrected chi connectivity index (χ4v) is 4.22. The number of aromatic nitrogens is 3. The molecule has 5 rings (SSSR count). The number of likely N-dealkylation sites (N-methyl/N-ethyl adjacent to an activating group) is 1. The van der Waals surface area contributed by atoms with E-state index in [1.54, 1.807) is 35.0 Å². The molecule has 0 saturated carbocycles. The molecule has 10 heteroatoms. The number of benzene rings is 2. The van der Waals surface area contributed by atoms with Gasteiger partial charge in [0.1, 0.15) is 5.82 Å². The molecule has 1 amide bonds. The number of nitrogens with one attached hydrogen (secondary N) is 2. The number of hydrogen-bond acceptors (Lipinski definition) is 7. The van der Waals surface area contributed by atoms with Crippen LogP contribution in [0.5, 0.6) is 0 Å². The maximum absolute atomic E-state index is 15.0. The molecule has 37 heavy (non-hydrogen) atoms. The van der Waals surface area contributed by atoms with Crippen LogP contribution in [-0.2, 0) is 4.79 Å². The molecular formula is C27H26FN7O2. The average molecular weight is 500 g/mol. The maximum Gasteiger partial charge on any atom is 0.247 e. The van der Waals surface area contributed by atoms with Crippen LogP contribution in [0.2, 0.25) is 0 Å². The number of carbonyl (C=O) groups excluding carboxylic acids is 1. The van der Waals surface area contributed by atoms with Gasteiger partial charge in [0.15, 0.2) is 11.1 Å². The van der Waals surface area contributed by atoms with Gasteiger partial charge in [-0.2, -0.15) is 4.98 Å². The number of anilines is 4. The van der Waals surface area contributed by atoms with Crippen molar-refractivity contribution in [2.75, 3.05) is 48.8 Å². The van der Waals surface area contributed by atoms with Gasteiger partial charge < -0.3 is 25.0 Å². The molecule has 2 N–H and O–H groups in total. The van der Waals surface area contributed by atoms with Crippen LogP contribution in [0.25, 0.3) is 16.7 Å². The Labute approximate surface area is 212 Å². The standard InChI is InChI=1S/C27H26FN7O2/c1-3-25(37)30-18-5-4-6-20(15-18)35-10-9-24(36)21-17-29-27(32-26(21)35)31-23-8-7-19(16-22(23)28)34-13-11-33(2)12-14-34/h3-10,15-17H,1,11-14H2,2H3,(H,30,37)(H,29,31,32). The van der Waals surface area contributed by atoms with E-state index in [2.05, 4.69) is 44.0 Å². The van der Waals surface area contributed by atoms with Gasteiger partial charge in [-0.1, -0.05) is 12.6 Å². The Balaban J connectivity index is 1.46. The van der Waals surface area contributed by atoms with Gasteiger partial charge in [-0.05, 0) is 49.5 Å². The minimum Gasteiger partial charge on any atom is -0.369 e. The van der Waals surface area contributed by atoms with Gasteiger partial charge in [-0.25, -0.2) is 9.37 Å². The highest BCUT2D eigenvalue weighted by Crippen LogP contribution is 2.25. The van der Waals surface area contributed by atoms with E-state index >= 15 is 4.39 Å². The van der Waals surface area contributed by atoms with E-state index in [0.717, 1.165) is 31.9 Å². The topological polar surface area (TPSA) is 95.4 Å². The summed E-state index contributed by atoms with van der Waals surface area (Å²) in [5.41, 5.74) is 2.38. The lowest BCUT2D eigenvalue weighted by molar-refractivity contribution is -0.111. The average Bonchev–Trinajstić information content (AvgIpc) is 2.90. The molecule has 0 atom stereocenters. The zero-order chi connectivity index (χ0) is 25.9. The number of nitrogens with zero attached hydrogens (tertiary/aromatic N) is 5. The van der Waals surface area contributed by atoms with Crippen LogP contribution >= 0.6 is 0 Å². The molecule has 0 aliphatic carbocycles. The van der Waals surface area contributed by atoms with E-state index in [-0.39, 0.29) is 23.0 Å². The summed E-state index contributed by atoms with van der Waals surface area (Å²) < 4.78 is 16.7. The molecule has 1 saturated heterocycles. The summed E-state index contributed by atoms with van der Waals surface area (Å²) in [5, 5.41) is 5.96. The second kappa shape index (κ2) is 10.2. The molecule has 0 unspecified atom stereocenters. The van der Waals surface area contributed by atoms with Gasteiger partial charge in [-0.3, -0.25) is 9.59 Å². The minimum absolute atomic E-state index is 0.147. The summed E-state index contributed by atoms with van der Waals surface area (Å²) in [5.74, 6) is -0.609. The summed E-state index contributed by atoms with van der Waals surface area (Å²) in [4.78, 5) is 37.4. The van der Waals surface area contributed by atoms with E-state index in [1.807, 2.05) is 12.1 Å². The highest BCUT2D eigenvalue weighted by molar-refractivity contribution is 5.99. The Morgan fingerprint density at radius 2 is 1.89 bits per heavy atom. The molecule has 2 aromatic carbocycles. The smallest absolute Gasteiger partial charge is 0.247 e. The van der Waals surface area contributed by atoms with E-state index in [0.29, 0.717) is 22.4 Å². The highest BCUT2D eigenvalue weighted by Gasteiger charge is 2.16. The Morgan fingerprint density at radius 1 is 1.08 bits per heavy atom. The highest BCUT2D eigenvalue weighted by atomic mass is 19.1. The first kappa shape index (κ1) is 24.1. The zero-order valence-electron chi connectivity index (χ0n) is 20.3. The summed E-state index contributed by atoms with van der Waals surface area (Å²) in [6.45, 7) is 7.00. The third-order valence-electron chi connectivity index (χ3n) is 6.28. The van der Waals surface area contributed by atoms with Crippen LogP contribution in [0.1, 0.15) is 0 Å².